The summed E-state index contributed by atoms with van der Waals surface area (Å²) in [4.78, 5) is 12.5. The summed E-state index contributed by atoms with van der Waals surface area (Å²) in [6.45, 7) is 0. The van der Waals surface area contributed by atoms with Gasteiger partial charge in [-0.1, -0.05) is 48.5 Å². The molecule has 1 aliphatic carbocycles. The maximum atomic E-state index is 12.5. The number of aryl methyl sites for hydroxylation is 1. The fourth-order valence-corrected chi connectivity index (χ4v) is 3.28. The number of carbonyl (C=O) groups is 1. The first-order valence-electron chi connectivity index (χ1n) is 9.23. The largest absolute Gasteiger partial charge is 0.349 e. The zero-order valence-electron chi connectivity index (χ0n) is 14.7. The first kappa shape index (κ1) is 16.6. The molecule has 1 aliphatic rings. The van der Waals surface area contributed by atoms with Gasteiger partial charge in [0.2, 0.25) is 5.91 Å². The minimum absolute atomic E-state index is 0.109. The summed E-state index contributed by atoms with van der Waals surface area (Å²) < 4.78 is 1.85. The van der Waals surface area contributed by atoms with Gasteiger partial charge in [0.25, 0.3) is 0 Å². The van der Waals surface area contributed by atoms with E-state index in [9.17, 15) is 4.79 Å². The van der Waals surface area contributed by atoms with Crippen molar-refractivity contribution in [3.8, 4) is 5.69 Å². The topological polar surface area (TPSA) is 46.9 Å². The molecule has 0 saturated heterocycles. The van der Waals surface area contributed by atoms with E-state index in [1.54, 1.807) is 0 Å². The van der Waals surface area contributed by atoms with Crippen LogP contribution in [0.5, 0.6) is 0 Å². The van der Waals surface area contributed by atoms with Crippen molar-refractivity contribution in [2.45, 2.75) is 31.7 Å². The van der Waals surface area contributed by atoms with Crippen LogP contribution in [0.25, 0.3) is 5.69 Å². The van der Waals surface area contributed by atoms with Crippen LogP contribution >= 0.6 is 0 Å². The molecule has 4 nitrogen and oxygen atoms in total. The summed E-state index contributed by atoms with van der Waals surface area (Å²) in [6, 6.07) is 20.4. The van der Waals surface area contributed by atoms with Gasteiger partial charge >= 0.3 is 0 Å². The molecule has 1 atom stereocenters. The smallest absolute Gasteiger partial charge is 0.220 e. The Morgan fingerprint density at radius 2 is 1.77 bits per heavy atom. The van der Waals surface area contributed by atoms with Gasteiger partial charge in [-0.3, -0.25) is 4.79 Å². The molecule has 4 rings (SSSR count). The highest BCUT2D eigenvalue weighted by Crippen LogP contribution is 2.40. The van der Waals surface area contributed by atoms with Crippen LogP contribution in [-0.4, -0.2) is 15.7 Å². The van der Waals surface area contributed by atoms with Gasteiger partial charge in [-0.25, -0.2) is 4.68 Å². The van der Waals surface area contributed by atoms with E-state index >= 15 is 0 Å². The van der Waals surface area contributed by atoms with Crippen molar-refractivity contribution < 1.29 is 4.79 Å². The number of hydrogen-bond acceptors (Lipinski definition) is 2. The number of rotatable bonds is 7. The third kappa shape index (κ3) is 4.02. The molecular formula is C22H23N3O. The molecule has 2 aromatic carbocycles. The summed E-state index contributed by atoms with van der Waals surface area (Å²) in [6.07, 6.45) is 7.42. The first-order valence-corrected chi connectivity index (χ1v) is 9.23. The number of para-hydroxylation sites is 1. The molecule has 0 radical (unpaired) electrons. The van der Waals surface area contributed by atoms with Gasteiger partial charge in [0.15, 0.2) is 0 Å². The van der Waals surface area contributed by atoms with Gasteiger partial charge < -0.3 is 5.32 Å². The van der Waals surface area contributed by atoms with E-state index in [1.165, 1.54) is 18.4 Å². The number of carbonyl (C=O) groups excluding carboxylic acids is 1. The third-order valence-corrected chi connectivity index (χ3v) is 4.87. The zero-order valence-corrected chi connectivity index (χ0v) is 14.7. The van der Waals surface area contributed by atoms with Gasteiger partial charge in [0.1, 0.15) is 0 Å². The lowest BCUT2D eigenvalue weighted by Crippen LogP contribution is -2.30. The van der Waals surface area contributed by atoms with Gasteiger partial charge in [-0.2, -0.15) is 5.10 Å². The highest BCUT2D eigenvalue weighted by molar-refractivity contribution is 5.76. The van der Waals surface area contributed by atoms with Crippen LogP contribution in [0.3, 0.4) is 0 Å². The molecular weight excluding hydrogens is 322 g/mol. The van der Waals surface area contributed by atoms with Crippen molar-refractivity contribution in [3.63, 3.8) is 0 Å². The van der Waals surface area contributed by atoms with E-state index in [0.29, 0.717) is 18.8 Å². The van der Waals surface area contributed by atoms with Crippen LogP contribution in [-0.2, 0) is 11.2 Å². The highest BCUT2D eigenvalue weighted by atomic mass is 16.1. The lowest BCUT2D eigenvalue weighted by molar-refractivity contribution is -0.122. The average Bonchev–Trinajstić information content (AvgIpc) is 3.42. The fourth-order valence-electron chi connectivity index (χ4n) is 3.28. The second-order valence-corrected chi connectivity index (χ2v) is 6.92. The van der Waals surface area contributed by atoms with Gasteiger partial charge in [-0.15, -0.1) is 0 Å². The predicted octanol–water partition coefficient (Wildman–Crippen LogP) is 4.07. The monoisotopic (exact) mass is 345 g/mol. The molecule has 1 aromatic heterocycles. The minimum Gasteiger partial charge on any atom is -0.349 e. The Morgan fingerprint density at radius 3 is 2.46 bits per heavy atom. The summed E-state index contributed by atoms with van der Waals surface area (Å²) in [7, 11) is 0. The molecule has 132 valence electrons. The van der Waals surface area contributed by atoms with E-state index in [1.807, 2.05) is 65.6 Å². The van der Waals surface area contributed by atoms with E-state index in [2.05, 4.69) is 22.5 Å². The molecule has 3 aromatic rings. The number of benzene rings is 2. The summed E-state index contributed by atoms with van der Waals surface area (Å²) in [5.41, 5.74) is 3.31. The average molecular weight is 345 g/mol. The van der Waals surface area contributed by atoms with E-state index in [-0.39, 0.29) is 11.9 Å². The molecule has 1 saturated carbocycles. The zero-order chi connectivity index (χ0) is 17.8. The molecule has 0 spiro atoms. The summed E-state index contributed by atoms with van der Waals surface area (Å²) >= 11 is 0. The molecule has 1 unspecified atom stereocenters. The molecule has 1 fully saturated rings. The highest BCUT2D eigenvalue weighted by Gasteiger charge is 2.33. The van der Waals surface area contributed by atoms with Crippen molar-refractivity contribution in [1.82, 2.24) is 15.1 Å². The van der Waals surface area contributed by atoms with Crippen molar-refractivity contribution >= 4 is 5.91 Å². The Balaban J connectivity index is 1.35. The molecule has 4 heteroatoms. The van der Waals surface area contributed by atoms with E-state index < -0.39 is 0 Å². The SMILES string of the molecule is O=C(CCc1cnn(-c2ccccc2)c1)NC(c1ccccc1)C1CC1. The molecule has 26 heavy (non-hydrogen) atoms. The Morgan fingerprint density at radius 1 is 1.08 bits per heavy atom. The molecule has 0 aliphatic heterocycles. The van der Waals surface area contributed by atoms with E-state index in [4.69, 9.17) is 0 Å². The Labute approximate surface area is 153 Å². The van der Waals surface area contributed by atoms with Crippen LogP contribution in [0.4, 0.5) is 0 Å². The first-order chi connectivity index (χ1) is 12.8. The number of nitrogens with zero attached hydrogens (tertiary/aromatic N) is 2. The van der Waals surface area contributed by atoms with Crippen LogP contribution < -0.4 is 5.32 Å². The molecule has 1 amide bonds. The molecule has 1 N–H and O–H groups in total. The number of hydrogen-bond donors (Lipinski definition) is 1. The number of aromatic nitrogens is 2. The third-order valence-electron chi connectivity index (χ3n) is 4.87. The van der Waals surface area contributed by atoms with Crippen molar-refractivity contribution in [1.29, 1.82) is 0 Å². The van der Waals surface area contributed by atoms with Crippen molar-refractivity contribution in [3.05, 3.63) is 84.2 Å². The maximum Gasteiger partial charge on any atom is 0.220 e. The van der Waals surface area contributed by atoms with Gasteiger partial charge in [-0.05, 0) is 48.4 Å². The predicted molar refractivity (Wildman–Crippen MR) is 102 cm³/mol. The normalized spacial score (nSPS) is 14.8. The van der Waals surface area contributed by atoms with E-state index in [0.717, 1.165) is 11.3 Å². The molecule has 0 bridgehead atoms. The van der Waals surface area contributed by atoms with Crippen LogP contribution in [0.2, 0.25) is 0 Å². The van der Waals surface area contributed by atoms with Crippen LogP contribution in [0, 0.1) is 5.92 Å². The van der Waals surface area contributed by atoms with Gasteiger partial charge in [0, 0.05) is 12.6 Å². The van der Waals surface area contributed by atoms with Crippen LogP contribution in [0.1, 0.15) is 36.4 Å². The van der Waals surface area contributed by atoms with Gasteiger partial charge in [0.05, 0.1) is 17.9 Å². The van der Waals surface area contributed by atoms with Crippen molar-refractivity contribution in [2.75, 3.05) is 0 Å². The number of amides is 1. The summed E-state index contributed by atoms with van der Waals surface area (Å²) in [5, 5.41) is 7.63. The fraction of sp³-hybridized carbons (Fsp3) is 0.273. The standard InChI is InChI=1S/C22H23N3O/c26-21(24-22(19-12-13-19)18-7-3-1-4-8-18)14-11-17-15-23-25(16-17)20-9-5-2-6-10-20/h1-10,15-16,19,22H,11-14H2,(H,24,26). The van der Waals surface area contributed by atoms with Crippen molar-refractivity contribution in [2.24, 2.45) is 5.92 Å². The maximum absolute atomic E-state index is 12.5. The lowest BCUT2D eigenvalue weighted by Gasteiger charge is -2.18. The second-order valence-electron chi connectivity index (χ2n) is 6.92. The quantitative estimate of drug-likeness (QED) is 0.701. The summed E-state index contributed by atoms with van der Waals surface area (Å²) in [5.74, 6) is 0.695. The number of nitrogens with one attached hydrogen (secondary N) is 1. The second kappa shape index (κ2) is 7.56. The Hall–Kier alpha value is -2.88. The lowest BCUT2D eigenvalue weighted by atomic mass is 10.0. The Bertz CT molecular complexity index is 853. The Kier molecular flexibility index (Phi) is 4.82. The minimum atomic E-state index is 0.109. The van der Waals surface area contributed by atoms with Crippen LogP contribution in [0.15, 0.2) is 73.1 Å². The molecule has 1 heterocycles.